The molecule has 6 rings (SSSR count). The largest absolute Gasteiger partial charge is 0.473 e. The number of amides is 1. The molecule has 3 aliphatic heterocycles. The van der Waals surface area contributed by atoms with Crippen LogP contribution >= 0.6 is 0 Å². The van der Waals surface area contributed by atoms with Gasteiger partial charge in [0.1, 0.15) is 23.3 Å². The van der Waals surface area contributed by atoms with Crippen LogP contribution in [0.1, 0.15) is 18.9 Å². The summed E-state index contributed by atoms with van der Waals surface area (Å²) in [5.74, 6) is 0.435. The second-order valence-corrected chi connectivity index (χ2v) is 9.75. The summed E-state index contributed by atoms with van der Waals surface area (Å²) in [6.07, 6.45) is 3.52. The lowest BCUT2D eigenvalue weighted by Gasteiger charge is -2.43. The lowest BCUT2D eigenvalue weighted by atomic mass is 10.0. The SMILES string of the molecule is CC(Oc1nc(-c2ccc(N3CCN(C4COC4)CC3)cc2)cn2ncc(C#N)c12)[C@H]1CNC(=O)C1. The summed E-state index contributed by atoms with van der Waals surface area (Å²) < 4.78 is 13.2. The van der Waals surface area contributed by atoms with Crippen molar-refractivity contribution in [3.05, 3.63) is 42.2 Å². The summed E-state index contributed by atoms with van der Waals surface area (Å²) in [5.41, 5.74) is 3.78. The van der Waals surface area contributed by atoms with Gasteiger partial charge >= 0.3 is 0 Å². The third kappa shape index (κ3) is 4.25. The zero-order chi connectivity index (χ0) is 24.6. The maximum atomic E-state index is 11.7. The number of anilines is 1. The van der Waals surface area contributed by atoms with E-state index in [-0.39, 0.29) is 17.9 Å². The van der Waals surface area contributed by atoms with Gasteiger partial charge in [-0.05, 0) is 19.1 Å². The van der Waals surface area contributed by atoms with E-state index in [9.17, 15) is 10.1 Å². The van der Waals surface area contributed by atoms with E-state index in [1.54, 1.807) is 4.52 Å². The van der Waals surface area contributed by atoms with Crippen LogP contribution in [-0.2, 0) is 9.53 Å². The number of nitrogens with zero attached hydrogens (tertiary/aromatic N) is 6. The number of carbonyl (C=O) groups excluding carboxylic acids is 1. The van der Waals surface area contributed by atoms with Crippen LogP contribution in [0.4, 0.5) is 5.69 Å². The van der Waals surface area contributed by atoms with Crippen molar-refractivity contribution < 1.29 is 14.3 Å². The minimum Gasteiger partial charge on any atom is -0.473 e. The first-order valence-corrected chi connectivity index (χ1v) is 12.5. The molecule has 5 heterocycles. The third-order valence-electron chi connectivity index (χ3n) is 7.53. The van der Waals surface area contributed by atoms with Crippen LogP contribution in [0.5, 0.6) is 5.88 Å². The van der Waals surface area contributed by atoms with E-state index in [2.05, 4.69) is 50.5 Å². The molecule has 0 bridgehead atoms. The van der Waals surface area contributed by atoms with Crippen molar-refractivity contribution >= 4 is 17.1 Å². The van der Waals surface area contributed by atoms with E-state index in [0.29, 0.717) is 41.7 Å². The fourth-order valence-corrected chi connectivity index (χ4v) is 5.14. The molecule has 10 nitrogen and oxygen atoms in total. The Hall–Kier alpha value is -3.68. The van der Waals surface area contributed by atoms with Gasteiger partial charge in [0.2, 0.25) is 11.8 Å². The Morgan fingerprint density at radius 3 is 2.61 bits per heavy atom. The van der Waals surface area contributed by atoms with Crippen LogP contribution in [0.3, 0.4) is 0 Å². The quantitative estimate of drug-likeness (QED) is 0.560. The lowest BCUT2D eigenvalue weighted by Crippen LogP contribution is -2.56. The molecule has 2 aromatic heterocycles. The van der Waals surface area contributed by atoms with Gasteiger partial charge in [0.05, 0.1) is 37.3 Å². The van der Waals surface area contributed by atoms with Gasteiger partial charge < -0.3 is 19.7 Å². The molecule has 0 spiro atoms. The molecule has 3 aromatic rings. The van der Waals surface area contributed by atoms with Crippen molar-refractivity contribution in [3.63, 3.8) is 0 Å². The molecule has 0 saturated carbocycles. The van der Waals surface area contributed by atoms with E-state index in [4.69, 9.17) is 14.5 Å². The minimum absolute atomic E-state index is 0.0305. The molecule has 0 aliphatic carbocycles. The molecule has 0 radical (unpaired) electrons. The summed E-state index contributed by atoms with van der Waals surface area (Å²) in [5, 5.41) is 16.8. The molecule has 1 aromatic carbocycles. The van der Waals surface area contributed by atoms with E-state index >= 15 is 0 Å². The predicted molar refractivity (Wildman–Crippen MR) is 133 cm³/mol. The van der Waals surface area contributed by atoms with Crippen molar-refractivity contribution in [1.29, 1.82) is 5.26 Å². The molecule has 2 atom stereocenters. The Labute approximate surface area is 209 Å². The second kappa shape index (κ2) is 9.41. The highest BCUT2D eigenvalue weighted by molar-refractivity contribution is 5.78. The highest BCUT2D eigenvalue weighted by Crippen LogP contribution is 2.30. The summed E-state index contributed by atoms with van der Waals surface area (Å²) in [6, 6.07) is 11.2. The van der Waals surface area contributed by atoms with E-state index in [1.807, 2.05) is 13.1 Å². The number of benzene rings is 1. The average molecular weight is 488 g/mol. The van der Waals surface area contributed by atoms with Gasteiger partial charge in [0.25, 0.3) is 0 Å². The summed E-state index contributed by atoms with van der Waals surface area (Å²) in [7, 11) is 0. The molecule has 3 saturated heterocycles. The van der Waals surface area contributed by atoms with Gasteiger partial charge in [-0.25, -0.2) is 9.50 Å². The van der Waals surface area contributed by atoms with Crippen LogP contribution in [0.15, 0.2) is 36.7 Å². The van der Waals surface area contributed by atoms with Crippen molar-refractivity contribution in [3.8, 4) is 23.2 Å². The van der Waals surface area contributed by atoms with Gasteiger partial charge in [-0.1, -0.05) is 12.1 Å². The van der Waals surface area contributed by atoms with E-state index in [0.717, 1.165) is 45.0 Å². The number of rotatable bonds is 6. The first-order valence-electron chi connectivity index (χ1n) is 12.5. The smallest absolute Gasteiger partial charge is 0.242 e. The van der Waals surface area contributed by atoms with Crippen molar-refractivity contribution in [2.24, 2.45) is 5.92 Å². The molecule has 3 fully saturated rings. The van der Waals surface area contributed by atoms with Crippen LogP contribution in [-0.4, -0.2) is 83.5 Å². The summed E-state index contributed by atoms with van der Waals surface area (Å²) in [6.45, 7) is 8.33. The Morgan fingerprint density at radius 1 is 1.19 bits per heavy atom. The number of aromatic nitrogens is 3. The molecule has 1 N–H and O–H groups in total. The number of ether oxygens (including phenoxy) is 2. The molecule has 1 unspecified atom stereocenters. The van der Waals surface area contributed by atoms with Crippen LogP contribution in [0.25, 0.3) is 16.8 Å². The standard InChI is InChI=1S/C26H29N7O3/c1-17(19-10-24(34)28-12-19)36-26-25-20(11-27)13-29-33(25)14-23(30-26)18-2-4-21(5-3-18)31-6-8-32(9-7-31)22-15-35-16-22/h2-5,13-14,17,19,22H,6-10,12,15-16H2,1H3,(H,28,34)/t17?,19-/m1/s1. The topological polar surface area (TPSA) is 108 Å². The van der Waals surface area contributed by atoms with E-state index < -0.39 is 0 Å². The Balaban J connectivity index is 1.23. The fraction of sp³-hybridized carbons (Fsp3) is 0.462. The fourth-order valence-electron chi connectivity index (χ4n) is 5.14. The zero-order valence-electron chi connectivity index (χ0n) is 20.3. The minimum atomic E-state index is -0.246. The summed E-state index contributed by atoms with van der Waals surface area (Å²) in [4.78, 5) is 21.4. The molecule has 3 aliphatic rings. The van der Waals surface area contributed by atoms with Crippen molar-refractivity contribution in [2.45, 2.75) is 25.5 Å². The lowest BCUT2D eigenvalue weighted by molar-refractivity contribution is -0.119. The monoisotopic (exact) mass is 487 g/mol. The van der Waals surface area contributed by atoms with Gasteiger partial charge in [-0.2, -0.15) is 10.4 Å². The Bertz CT molecular complexity index is 1300. The van der Waals surface area contributed by atoms with Gasteiger partial charge in [0, 0.05) is 56.3 Å². The van der Waals surface area contributed by atoms with E-state index in [1.165, 1.54) is 11.9 Å². The van der Waals surface area contributed by atoms with Crippen molar-refractivity contribution in [1.82, 2.24) is 24.8 Å². The third-order valence-corrected chi connectivity index (χ3v) is 7.53. The maximum Gasteiger partial charge on any atom is 0.242 e. The molecule has 36 heavy (non-hydrogen) atoms. The molecule has 1 amide bonds. The summed E-state index contributed by atoms with van der Waals surface area (Å²) >= 11 is 0. The predicted octanol–water partition coefficient (Wildman–Crippen LogP) is 1.69. The number of carbonyl (C=O) groups is 1. The number of hydrogen-bond donors (Lipinski definition) is 1. The Morgan fingerprint density at radius 2 is 1.97 bits per heavy atom. The number of fused-ring (bicyclic) bond motifs is 1. The number of nitriles is 1. The van der Waals surface area contributed by atoms with Gasteiger partial charge in [0.15, 0.2) is 0 Å². The normalized spacial score (nSPS) is 21.7. The highest BCUT2D eigenvalue weighted by Gasteiger charge is 2.30. The maximum absolute atomic E-state index is 11.7. The molecule has 186 valence electrons. The second-order valence-electron chi connectivity index (χ2n) is 9.75. The van der Waals surface area contributed by atoms with Gasteiger partial charge in [-0.15, -0.1) is 0 Å². The highest BCUT2D eigenvalue weighted by atomic mass is 16.5. The number of nitrogens with one attached hydrogen (secondary N) is 1. The molecular weight excluding hydrogens is 458 g/mol. The molecule has 10 heteroatoms. The van der Waals surface area contributed by atoms with Gasteiger partial charge in [-0.3, -0.25) is 9.69 Å². The molecular formula is C26H29N7O3. The first-order chi connectivity index (χ1) is 17.6. The van der Waals surface area contributed by atoms with Crippen LogP contribution < -0.4 is 15.0 Å². The Kier molecular flexibility index (Phi) is 5.95. The first kappa shape index (κ1) is 22.8. The van der Waals surface area contributed by atoms with Crippen molar-refractivity contribution in [2.75, 3.05) is 50.8 Å². The number of hydrogen-bond acceptors (Lipinski definition) is 8. The number of piperazine rings is 1. The van der Waals surface area contributed by atoms with Crippen LogP contribution in [0.2, 0.25) is 0 Å². The zero-order valence-corrected chi connectivity index (χ0v) is 20.3. The average Bonchev–Trinajstić information content (AvgIpc) is 3.50. The van der Waals surface area contributed by atoms with Crippen LogP contribution in [0, 0.1) is 17.2 Å².